The van der Waals surface area contributed by atoms with E-state index in [1.165, 1.54) is 11.1 Å². The summed E-state index contributed by atoms with van der Waals surface area (Å²) in [6, 6.07) is 0. The maximum Gasteiger partial charge on any atom is 0.534 e. The van der Waals surface area contributed by atoms with Gasteiger partial charge in [-0.3, -0.25) is 14.4 Å². The van der Waals surface area contributed by atoms with E-state index in [1.807, 2.05) is 26.0 Å². The molecule has 13 nitrogen and oxygen atoms in total. The highest BCUT2D eigenvalue weighted by Crippen LogP contribution is 2.28. The Bertz CT molecular complexity index is 838. The lowest BCUT2D eigenvalue weighted by Gasteiger charge is -2.12. The monoisotopic (exact) mass is 483 g/mol. The molecule has 2 unspecified atom stereocenters. The van der Waals surface area contributed by atoms with E-state index >= 15 is 0 Å². The number of carbonyl (C=O) groups excluding carboxylic acids is 5. The minimum Gasteiger partial charge on any atom is -0.449 e. The van der Waals surface area contributed by atoms with Crippen LogP contribution in [0.25, 0.3) is 0 Å². The molecule has 3 N–H and O–H groups in total. The highest BCUT2D eigenvalue weighted by atomic mass is 16.8. The van der Waals surface area contributed by atoms with Gasteiger partial charge in [0, 0.05) is 31.2 Å². The number of alkyl carbamates (subject to hydrolysis) is 2. The van der Waals surface area contributed by atoms with Crippen LogP contribution in [0.3, 0.4) is 0 Å². The standard InChI is InChI=1S/C13H16N2O7.C8H13NO3/c1-8-6-9(8)7-21-12(18)14-4-5-20-13(19)22-15-10(16)2-3-11(15)17;1-6-4-7(6)5-12-8(11)9-2-3-10/h6,9H,2-5,7H2,1H3,(H,14,18);4,7,10H,2-3,5H2,1H3,(H,9,11). The van der Waals surface area contributed by atoms with Crippen molar-refractivity contribution in [1.82, 2.24) is 15.7 Å². The number of nitrogens with zero attached hydrogens (tertiary/aromatic N) is 1. The molecule has 1 saturated heterocycles. The highest BCUT2D eigenvalue weighted by molar-refractivity contribution is 6.01. The molecule has 0 spiro atoms. The number of ether oxygens (including phenoxy) is 3. The van der Waals surface area contributed by atoms with Crippen molar-refractivity contribution in [3.63, 3.8) is 0 Å². The number of hydroxylamine groups is 2. The van der Waals surface area contributed by atoms with Crippen molar-refractivity contribution < 1.29 is 48.1 Å². The van der Waals surface area contributed by atoms with Crippen molar-refractivity contribution in [1.29, 1.82) is 0 Å². The predicted molar refractivity (Wildman–Crippen MR) is 114 cm³/mol. The molecular formula is C21H29N3O10. The van der Waals surface area contributed by atoms with Gasteiger partial charge >= 0.3 is 18.3 Å². The van der Waals surface area contributed by atoms with Gasteiger partial charge in [0.05, 0.1) is 13.2 Å². The van der Waals surface area contributed by atoms with Crippen LogP contribution in [0.5, 0.6) is 0 Å². The third-order valence-electron chi connectivity index (χ3n) is 4.81. The Balaban J connectivity index is 0.000000287. The van der Waals surface area contributed by atoms with Crippen molar-refractivity contribution in [2.45, 2.75) is 26.7 Å². The van der Waals surface area contributed by atoms with Crippen molar-refractivity contribution in [2.24, 2.45) is 11.8 Å². The summed E-state index contributed by atoms with van der Waals surface area (Å²) in [5, 5.41) is 13.5. The Morgan fingerprint density at radius 3 is 1.82 bits per heavy atom. The zero-order valence-corrected chi connectivity index (χ0v) is 19.0. The summed E-state index contributed by atoms with van der Waals surface area (Å²) in [6.07, 6.45) is 1.78. The normalized spacial score (nSPS) is 19.7. The van der Waals surface area contributed by atoms with Gasteiger partial charge in [0.2, 0.25) is 0 Å². The van der Waals surface area contributed by atoms with Crippen LogP contribution in [-0.4, -0.2) is 79.8 Å². The molecule has 13 heteroatoms. The molecule has 4 amide bonds. The minimum atomic E-state index is -1.18. The zero-order chi connectivity index (χ0) is 25.1. The van der Waals surface area contributed by atoms with E-state index in [1.54, 1.807) is 0 Å². The lowest BCUT2D eigenvalue weighted by atomic mass is 10.3. The third-order valence-corrected chi connectivity index (χ3v) is 4.81. The van der Waals surface area contributed by atoms with Gasteiger partial charge < -0.3 is 30.0 Å². The Kier molecular flexibility index (Phi) is 10.3. The topological polar surface area (TPSA) is 170 Å². The number of carbonyl (C=O) groups is 5. The van der Waals surface area contributed by atoms with Crippen molar-refractivity contribution in [3.8, 4) is 0 Å². The van der Waals surface area contributed by atoms with E-state index in [2.05, 4.69) is 20.2 Å². The molecule has 0 radical (unpaired) electrons. The van der Waals surface area contributed by atoms with Gasteiger partial charge in [0.1, 0.15) is 19.8 Å². The van der Waals surface area contributed by atoms with E-state index in [9.17, 15) is 24.0 Å². The second-order valence-corrected chi connectivity index (χ2v) is 7.58. The van der Waals surface area contributed by atoms with Crippen molar-refractivity contribution in [3.05, 3.63) is 23.3 Å². The number of hydrogen-bond acceptors (Lipinski definition) is 10. The van der Waals surface area contributed by atoms with Gasteiger partial charge in [-0.1, -0.05) is 28.4 Å². The second kappa shape index (κ2) is 13.2. The first kappa shape index (κ1) is 26.6. The van der Waals surface area contributed by atoms with Gasteiger partial charge in [-0.2, -0.15) is 0 Å². The van der Waals surface area contributed by atoms with Crippen LogP contribution in [-0.2, 0) is 28.6 Å². The molecule has 1 aliphatic heterocycles. The first-order valence-corrected chi connectivity index (χ1v) is 10.7. The fraction of sp³-hybridized carbons (Fsp3) is 0.571. The molecule has 188 valence electrons. The van der Waals surface area contributed by atoms with Gasteiger partial charge in [-0.25, -0.2) is 14.4 Å². The fourth-order valence-corrected chi connectivity index (χ4v) is 2.53. The number of aliphatic hydroxyl groups is 1. The molecule has 34 heavy (non-hydrogen) atoms. The third kappa shape index (κ3) is 9.90. The molecule has 2 aliphatic carbocycles. The summed E-state index contributed by atoms with van der Waals surface area (Å²) < 4.78 is 14.4. The molecule has 0 bridgehead atoms. The summed E-state index contributed by atoms with van der Waals surface area (Å²) in [6.45, 7) is 4.69. The number of nitrogens with one attached hydrogen (secondary N) is 2. The molecule has 0 aromatic carbocycles. The van der Waals surface area contributed by atoms with Gasteiger partial charge in [0.25, 0.3) is 11.8 Å². The first-order valence-electron chi connectivity index (χ1n) is 10.7. The van der Waals surface area contributed by atoms with Gasteiger partial charge in [0.15, 0.2) is 0 Å². The molecule has 2 atom stereocenters. The number of rotatable bonds is 10. The average Bonchev–Trinajstić information content (AvgIpc) is 3.69. The van der Waals surface area contributed by atoms with Crippen molar-refractivity contribution in [2.75, 3.05) is 39.5 Å². The minimum absolute atomic E-state index is 0.00876. The number of hydrogen-bond donors (Lipinski definition) is 3. The average molecular weight is 483 g/mol. The Morgan fingerprint density at radius 1 is 0.912 bits per heavy atom. The van der Waals surface area contributed by atoms with Crippen LogP contribution >= 0.6 is 0 Å². The van der Waals surface area contributed by atoms with Crippen LogP contribution in [0, 0.1) is 11.8 Å². The number of imide groups is 1. The fourth-order valence-electron chi connectivity index (χ4n) is 2.53. The highest BCUT2D eigenvalue weighted by Gasteiger charge is 2.33. The van der Waals surface area contributed by atoms with Crippen LogP contribution < -0.4 is 10.6 Å². The molecule has 0 aromatic heterocycles. The second-order valence-electron chi connectivity index (χ2n) is 7.58. The van der Waals surface area contributed by atoms with Crippen LogP contribution in [0.15, 0.2) is 23.3 Å². The lowest BCUT2D eigenvalue weighted by molar-refractivity contribution is -0.177. The molecular weight excluding hydrogens is 454 g/mol. The Morgan fingerprint density at radius 2 is 1.38 bits per heavy atom. The molecule has 0 saturated carbocycles. The number of amides is 4. The van der Waals surface area contributed by atoms with E-state index in [-0.39, 0.29) is 45.1 Å². The quantitative estimate of drug-likeness (QED) is 0.133. The summed E-state index contributed by atoms with van der Waals surface area (Å²) in [7, 11) is 0. The molecule has 3 aliphatic rings. The summed E-state index contributed by atoms with van der Waals surface area (Å²) in [5.74, 6) is -0.599. The molecule has 1 fully saturated rings. The van der Waals surface area contributed by atoms with Crippen molar-refractivity contribution >= 4 is 30.2 Å². The maximum atomic E-state index is 11.3. The lowest BCUT2D eigenvalue weighted by Crippen LogP contribution is -2.34. The maximum absolute atomic E-state index is 11.3. The Hall–Kier alpha value is -3.61. The van der Waals surface area contributed by atoms with Gasteiger partial charge in [-0.15, -0.1) is 0 Å². The zero-order valence-electron chi connectivity index (χ0n) is 19.0. The Labute approximate surface area is 196 Å². The number of aliphatic hydroxyl groups excluding tert-OH is 1. The summed E-state index contributed by atoms with van der Waals surface area (Å²) >= 11 is 0. The molecule has 0 aromatic rings. The van der Waals surface area contributed by atoms with E-state index in [4.69, 9.17) is 14.6 Å². The van der Waals surface area contributed by atoms with Gasteiger partial charge in [-0.05, 0) is 13.8 Å². The van der Waals surface area contributed by atoms with Crippen LogP contribution in [0.2, 0.25) is 0 Å². The first-order chi connectivity index (χ1) is 16.2. The largest absolute Gasteiger partial charge is 0.534 e. The van der Waals surface area contributed by atoms with Crippen LogP contribution in [0.1, 0.15) is 26.7 Å². The van der Waals surface area contributed by atoms with E-state index in [0.717, 1.165) is 0 Å². The molecule has 1 heterocycles. The van der Waals surface area contributed by atoms with E-state index in [0.29, 0.717) is 24.2 Å². The smallest absolute Gasteiger partial charge is 0.449 e. The summed E-state index contributed by atoms with van der Waals surface area (Å²) in [4.78, 5) is 60.1. The molecule has 3 rings (SSSR count). The van der Waals surface area contributed by atoms with Crippen LogP contribution in [0.4, 0.5) is 14.4 Å². The SMILES string of the molecule is CC1=CC1COC(=O)NCCO.CC1=CC1COC(=O)NCCOC(=O)ON1C(=O)CCC1=O. The predicted octanol–water partition coefficient (Wildman–Crippen LogP) is 0.787. The van der Waals surface area contributed by atoms with E-state index < -0.39 is 30.2 Å². The summed E-state index contributed by atoms with van der Waals surface area (Å²) in [5.41, 5.74) is 2.45.